The monoisotopic (exact) mass is 477 g/mol. The second kappa shape index (κ2) is 8.14. The normalized spacial score (nSPS) is 17.1. The summed E-state index contributed by atoms with van der Waals surface area (Å²) in [7, 11) is 0. The lowest BCUT2D eigenvalue weighted by Crippen LogP contribution is -2.14. The SMILES string of the molecule is Cc1ccc2c(c1)[C@@H](C)Oc1cc(cnc1N)-c1c(nnn1CC1CC1)Cc1cc(C(F)F)nn1-2. The zero-order valence-electron chi connectivity index (χ0n) is 19.4. The van der Waals surface area contributed by atoms with Crippen LogP contribution in [0, 0.1) is 12.8 Å². The Morgan fingerprint density at radius 2 is 2.03 bits per heavy atom. The number of pyridine rings is 1. The molecule has 10 heteroatoms. The van der Waals surface area contributed by atoms with Crippen LogP contribution in [-0.2, 0) is 13.0 Å². The predicted octanol–water partition coefficient (Wildman–Crippen LogP) is 4.81. The highest BCUT2D eigenvalue weighted by molar-refractivity contribution is 5.67. The van der Waals surface area contributed by atoms with E-state index >= 15 is 0 Å². The zero-order chi connectivity index (χ0) is 24.3. The smallest absolute Gasteiger partial charge is 0.282 e. The van der Waals surface area contributed by atoms with Gasteiger partial charge in [0.05, 0.1) is 22.8 Å². The fourth-order valence-electron chi connectivity index (χ4n) is 4.64. The third-order valence-electron chi connectivity index (χ3n) is 6.62. The Bertz CT molecular complexity index is 1420. The van der Waals surface area contributed by atoms with Gasteiger partial charge >= 0.3 is 0 Å². The fourth-order valence-corrected chi connectivity index (χ4v) is 4.64. The summed E-state index contributed by atoms with van der Waals surface area (Å²) >= 11 is 0. The summed E-state index contributed by atoms with van der Waals surface area (Å²) in [6, 6.07) is 9.10. The van der Waals surface area contributed by atoms with Crippen LogP contribution in [0.4, 0.5) is 14.6 Å². The molecule has 4 heterocycles. The number of nitrogen functional groups attached to an aromatic ring is 1. The minimum Gasteiger partial charge on any atom is -0.482 e. The van der Waals surface area contributed by atoms with Gasteiger partial charge in [-0.2, -0.15) is 5.10 Å². The third kappa shape index (κ3) is 3.92. The number of alkyl halides is 2. The van der Waals surface area contributed by atoms with Gasteiger partial charge in [-0.3, -0.25) is 0 Å². The molecule has 180 valence electrons. The summed E-state index contributed by atoms with van der Waals surface area (Å²) in [5.41, 5.74) is 11.2. The van der Waals surface area contributed by atoms with Gasteiger partial charge in [-0.25, -0.2) is 23.1 Å². The van der Waals surface area contributed by atoms with Crippen LogP contribution in [0.5, 0.6) is 5.75 Å². The minimum absolute atomic E-state index is 0.273. The molecule has 0 saturated heterocycles. The number of aryl methyl sites for hydroxylation is 1. The molecule has 4 aromatic rings. The quantitative estimate of drug-likeness (QED) is 0.455. The molecule has 1 fully saturated rings. The van der Waals surface area contributed by atoms with E-state index < -0.39 is 12.5 Å². The van der Waals surface area contributed by atoms with E-state index in [1.165, 1.54) is 6.07 Å². The Kier molecular flexibility index (Phi) is 5.05. The van der Waals surface area contributed by atoms with Crippen molar-refractivity contribution in [3.8, 4) is 22.7 Å². The Morgan fingerprint density at radius 1 is 1.20 bits per heavy atom. The topological polar surface area (TPSA) is 96.7 Å². The number of hydrogen-bond donors (Lipinski definition) is 1. The highest BCUT2D eigenvalue weighted by Gasteiger charge is 2.28. The van der Waals surface area contributed by atoms with Crippen LogP contribution in [0.2, 0.25) is 0 Å². The first-order chi connectivity index (χ1) is 16.9. The first-order valence-electron chi connectivity index (χ1n) is 11.7. The first kappa shape index (κ1) is 21.7. The summed E-state index contributed by atoms with van der Waals surface area (Å²) in [5, 5.41) is 13.2. The number of ether oxygens (including phenoxy) is 1. The molecule has 1 aliphatic heterocycles. The average molecular weight is 478 g/mol. The maximum atomic E-state index is 13.8. The van der Waals surface area contributed by atoms with Crippen LogP contribution in [0.1, 0.15) is 60.5 Å². The lowest BCUT2D eigenvalue weighted by molar-refractivity contribution is 0.145. The van der Waals surface area contributed by atoms with Gasteiger partial charge in [0.15, 0.2) is 11.6 Å². The van der Waals surface area contributed by atoms with Crippen LogP contribution in [0.3, 0.4) is 0 Å². The van der Waals surface area contributed by atoms with E-state index in [1.807, 2.05) is 42.8 Å². The molecule has 35 heavy (non-hydrogen) atoms. The van der Waals surface area contributed by atoms with Gasteiger partial charge < -0.3 is 10.5 Å². The van der Waals surface area contributed by atoms with Crippen molar-refractivity contribution in [2.45, 2.75) is 52.2 Å². The predicted molar refractivity (Wildman–Crippen MR) is 125 cm³/mol. The van der Waals surface area contributed by atoms with Crippen LogP contribution in [0.25, 0.3) is 16.9 Å². The van der Waals surface area contributed by atoms with Gasteiger partial charge in [-0.05, 0) is 50.8 Å². The van der Waals surface area contributed by atoms with Crippen molar-refractivity contribution in [1.82, 2.24) is 29.8 Å². The van der Waals surface area contributed by atoms with E-state index in [0.29, 0.717) is 28.7 Å². The molecule has 0 spiro atoms. The lowest BCUT2D eigenvalue weighted by Gasteiger charge is -2.22. The van der Waals surface area contributed by atoms with E-state index in [4.69, 9.17) is 10.5 Å². The van der Waals surface area contributed by atoms with E-state index in [1.54, 1.807) is 10.9 Å². The number of fused-ring (bicyclic) bond motifs is 7. The van der Waals surface area contributed by atoms with E-state index in [2.05, 4.69) is 20.4 Å². The van der Waals surface area contributed by atoms with Crippen molar-refractivity contribution in [1.29, 1.82) is 0 Å². The molecule has 0 amide bonds. The number of nitrogens with two attached hydrogens (primary N) is 1. The van der Waals surface area contributed by atoms with E-state index in [0.717, 1.165) is 41.8 Å². The maximum absolute atomic E-state index is 13.8. The molecule has 1 saturated carbocycles. The van der Waals surface area contributed by atoms with Crippen LogP contribution in [-0.4, -0.2) is 29.8 Å². The average Bonchev–Trinajstić information content (AvgIpc) is 3.41. The summed E-state index contributed by atoms with van der Waals surface area (Å²) < 4.78 is 37.3. The van der Waals surface area contributed by atoms with Crippen LogP contribution in [0.15, 0.2) is 36.5 Å². The molecule has 3 aromatic heterocycles. The van der Waals surface area contributed by atoms with Crippen molar-refractivity contribution in [2.24, 2.45) is 5.92 Å². The van der Waals surface area contributed by atoms with Gasteiger partial charge in [-0.15, -0.1) is 5.10 Å². The van der Waals surface area contributed by atoms with Crippen LogP contribution >= 0.6 is 0 Å². The van der Waals surface area contributed by atoms with E-state index in [9.17, 15) is 8.78 Å². The number of aromatic nitrogens is 6. The van der Waals surface area contributed by atoms with Crippen molar-refractivity contribution in [2.75, 3.05) is 5.73 Å². The minimum atomic E-state index is -2.70. The van der Waals surface area contributed by atoms with Crippen molar-refractivity contribution in [3.05, 3.63) is 64.7 Å². The molecule has 2 N–H and O–H groups in total. The maximum Gasteiger partial charge on any atom is 0.282 e. The fraction of sp³-hybridized carbons (Fsp3) is 0.360. The van der Waals surface area contributed by atoms with Gasteiger partial charge in [0.1, 0.15) is 11.8 Å². The van der Waals surface area contributed by atoms with Crippen molar-refractivity contribution >= 4 is 5.82 Å². The van der Waals surface area contributed by atoms with Crippen molar-refractivity contribution in [3.63, 3.8) is 0 Å². The lowest BCUT2D eigenvalue weighted by atomic mass is 10.0. The molecule has 2 bridgehead atoms. The Morgan fingerprint density at radius 3 is 2.80 bits per heavy atom. The molecule has 0 unspecified atom stereocenters. The second-order valence-electron chi connectivity index (χ2n) is 9.39. The third-order valence-corrected chi connectivity index (χ3v) is 6.62. The number of hydrogen-bond acceptors (Lipinski definition) is 6. The highest BCUT2D eigenvalue weighted by atomic mass is 19.3. The molecule has 1 aromatic carbocycles. The van der Waals surface area contributed by atoms with Crippen LogP contribution < -0.4 is 10.5 Å². The summed E-state index contributed by atoms with van der Waals surface area (Å²) in [4.78, 5) is 4.39. The molecular weight excluding hydrogens is 452 g/mol. The van der Waals surface area contributed by atoms with E-state index in [-0.39, 0.29) is 17.9 Å². The first-order valence-corrected chi connectivity index (χ1v) is 11.7. The number of rotatable bonds is 3. The summed E-state index contributed by atoms with van der Waals surface area (Å²) in [5.74, 6) is 1.28. The molecule has 0 radical (unpaired) electrons. The molecule has 1 atom stereocenters. The standard InChI is InChI=1S/C25H25F2N7O/c1-13-3-6-21-18(7-13)14(2)35-22-8-16(11-29-25(22)28)23-19(30-32-33(23)12-15-4-5-15)9-17-10-20(24(26)27)31-34(17)21/h3,6-8,10-11,14-15,24H,4-5,9,12H2,1-2H3,(H2,28,29)/t14-/m1/s1. The molecule has 1 aliphatic carbocycles. The zero-order valence-corrected chi connectivity index (χ0v) is 19.4. The number of benzene rings is 1. The molecule has 8 nitrogen and oxygen atoms in total. The Balaban J connectivity index is 1.60. The molecule has 6 rings (SSSR count). The molecular formula is C25H25F2N7O. The largest absolute Gasteiger partial charge is 0.482 e. The number of anilines is 1. The van der Waals surface area contributed by atoms with Gasteiger partial charge in [0, 0.05) is 30.3 Å². The molecule has 2 aliphatic rings. The second-order valence-corrected chi connectivity index (χ2v) is 9.39. The highest BCUT2D eigenvalue weighted by Crippen LogP contribution is 2.37. The number of nitrogens with zero attached hydrogens (tertiary/aromatic N) is 6. The summed E-state index contributed by atoms with van der Waals surface area (Å²) in [6.45, 7) is 4.61. The van der Waals surface area contributed by atoms with Gasteiger partial charge in [-0.1, -0.05) is 22.9 Å². The van der Waals surface area contributed by atoms with Gasteiger partial charge in [0.2, 0.25) is 0 Å². The number of halogens is 2. The van der Waals surface area contributed by atoms with Crippen molar-refractivity contribution < 1.29 is 13.5 Å². The Hall–Kier alpha value is -3.82. The summed E-state index contributed by atoms with van der Waals surface area (Å²) in [6.07, 6.45) is 1.14. The Labute approximate surface area is 200 Å². The van der Waals surface area contributed by atoms with Gasteiger partial charge in [0.25, 0.3) is 6.43 Å².